The Balaban J connectivity index is 3.39. The topological polar surface area (TPSA) is 12.0 Å². The van der Waals surface area contributed by atoms with Crippen molar-refractivity contribution in [3.05, 3.63) is 0 Å². The molecular formula is CH4BCl4NSi. The van der Waals surface area contributed by atoms with Crippen LogP contribution in [0.25, 0.3) is 0 Å². The molecule has 0 aliphatic carbocycles. The molecule has 7 heteroatoms. The monoisotopic (exact) mass is 209 g/mol. The standard InChI is InChI=1S/CH4BCl4NSi/c1-2(3)7-8(4,5)6/h7H,1H3. The van der Waals surface area contributed by atoms with Crippen LogP contribution < -0.4 is 4.89 Å². The molecule has 0 fully saturated rings. The van der Waals surface area contributed by atoms with E-state index in [4.69, 9.17) is 44.7 Å². The number of hydrogen-bond acceptors (Lipinski definition) is 1. The van der Waals surface area contributed by atoms with Crippen LogP contribution in [0.1, 0.15) is 0 Å². The van der Waals surface area contributed by atoms with E-state index in [9.17, 15) is 0 Å². The first-order valence-electron chi connectivity index (χ1n) is 1.90. The molecular weight excluding hydrogens is 207 g/mol. The third-order valence-corrected chi connectivity index (χ3v) is 2.40. The summed E-state index contributed by atoms with van der Waals surface area (Å²) < 4.78 is 0. The maximum absolute atomic E-state index is 5.43. The van der Waals surface area contributed by atoms with Gasteiger partial charge in [-0.25, -0.2) is 0 Å². The van der Waals surface area contributed by atoms with Gasteiger partial charge in [0.05, 0.1) is 0 Å². The molecule has 0 rings (SSSR count). The maximum atomic E-state index is 5.43. The number of hydrogen-bond donors (Lipinski definition) is 1. The molecule has 8 heavy (non-hydrogen) atoms. The van der Waals surface area contributed by atoms with Crippen LogP contribution in [-0.2, 0) is 0 Å². The van der Waals surface area contributed by atoms with Crippen molar-refractivity contribution in [2.24, 2.45) is 0 Å². The molecule has 0 amide bonds. The van der Waals surface area contributed by atoms with Gasteiger partial charge in [0.25, 0.3) is 0 Å². The smallest absolute Gasteiger partial charge is 0.328 e. The van der Waals surface area contributed by atoms with Gasteiger partial charge in [-0.1, -0.05) is 6.82 Å². The van der Waals surface area contributed by atoms with Gasteiger partial charge < -0.3 is 4.89 Å². The normalized spacial score (nSPS) is 11.6. The van der Waals surface area contributed by atoms with Gasteiger partial charge in [-0.15, -0.1) is 33.2 Å². The average molecular weight is 211 g/mol. The van der Waals surface area contributed by atoms with E-state index in [1.54, 1.807) is 6.82 Å². The van der Waals surface area contributed by atoms with Gasteiger partial charge >= 0.3 is 12.4 Å². The SMILES string of the molecule is CB(Cl)N[Si](Cl)(Cl)Cl. The van der Waals surface area contributed by atoms with E-state index in [0.29, 0.717) is 0 Å². The van der Waals surface area contributed by atoms with Crippen LogP contribution in [0, 0.1) is 0 Å². The molecule has 0 saturated carbocycles. The highest BCUT2D eigenvalue weighted by molar-refractivity contribution is 7.65. The summed E-state index contributed by atoms with van der Waals surface area (Å²) >= 11 is 21.6. The first-order valence-corrected chi connectivity index (χ1v) is 7.37. The van der Waals surface area contributed by atoms with Crippen LogP contribution in [0.4, 0.5) is 0 Å². The number of rotatable bonds is 2. The molecule has 0 radical (unpaired) electrons. The molecule has 0 aromatic rings. The van der Waals surface area contributed by atoms with Crippen molar-refractivity contribution in [1.82, 2.24) is 4.89 Å². The van der Waals surface area contributed by atoms with Gasteiger partial charge in [-0.2, -0.15) is 11.5 Å². The minimum absolute atomic E-state index is 0.269. The highest BCUT2D eigenvalue weighted by Gasteiger charge is 2.27. The third-order valence-electron chi connectivity index (χ3n) is 0.363. The first kappa shape index (κ1) is 9.40. The van der Waals surface area contributed by atoms with Crippen LogP contribution in [-0.4, -0.2) is 12.4 Å². The second-order valence-corrected chi connectivity index (χ2v) is 10.0. The van der Waals surface area contributed by atoms with Crippen LogP contribution in [0.2, 0.25) is 6.82 Å². The minimum Gasteiger partial charge on any atom is -0.328 e. The second-order valence-electron chi connectivity index (χ2n) is 1.26. The first-order chi connectivity index (χ1) is 3.42. The van der Waals surface area contributed by atoms with Crippen LogP contribution in [0.3, 0.4) is 0 Å². The summed E-state index contributed by atoms with van der Waals surface area (Å²) in [6.07, 6.45) is -2.95. The van der Waals surface area contributed by atoms with E-state index in [2.05, 4.69) is 4.89 Å². The Labute approximate surface area is 68.8 Å². The Kier molecular flexibility index (Phi) is 4.16. The summed E-state index contributed by atoms with van der Waals surface area (Å²) in [4.78, 5) is 2.58. The fourth-order valence-corrected chi connectivity index (χ4v) is 3.14. The molecule has 48 valence electrons. The van der Waals surface area contributed by atoms with Crippen molar-refractivity contribution in [1.29, 1.82) is 0 Å². The Bertz CT molecular complexity index is 70.9. The van der Waals surface area contributed by atoms with Gasteiger partial charge in [-0.3, -0.25) is 0 Å². The lowest BCUT2D eigenvalue weighted by molar-refractivity contribution is 1.56. The number of nitrogens with one attached hydrogen (secondary N) is 1. The fourth-order valence-electron chi connectivity index (χ4n) is 0.226. The molecule has 0 aliphatic rings. The van der Waals surface area contributed by atoms with E-state index < -0.39 is 6.16 Å². The van der Waals surface area contributed by atoms with Crippen molar-refractivity contribution < 1.29 is 0 Å². The molecule has 0 aromatic carbocycles. The Morgan fingerprint density at radius 1 is 1.38 bits per heavy atom. The van der Waals surface area contributed by atoms with E-state index in [1.807, 2.05) is 0 Å². The van der Waals surface area contributed by atoms with Crippen molar-refractivity contribution >= 4 is 57.1 Å². The van der Waals surface area contributed by atoms with Crippen molar-refractivity contribution in [2.75, 3.05) is 0 Å². The molecule has 1 nitrogen and oxygen atoms in total. The van der Waals surface area contributed by atoms with E-state index >= 15 is 0 Å². The lowest BCUT2D eigenvalue weighted by atomic mass is 10.0. The van der Waals surface area contributed by atoms with Crippen molar-refractivity contribution in [2.45, 2.75) is 6.82 Å². The maximum Gasteiger partial charge on any atom is 0.411 e. The zero-order valence-corrected chi connectivity index (χ0v) is 8.11. The summed E-state index contributed by atoms with van der Waals surface area (Å²) in [5, 5.41) is 0. The third kappa shape index (κ3) is 7.40. The molecule has 0 heterocycles. The highest BCUT2D eigenvalue weighted by Crippen LogP contribution is 2.15. The van der Waals surface area contributed by atoms with Gasteiger partial charge in [0.15, 0.2) is 0 Å². The Hall–Kier alpha value is 1.40. The quantitative estimate of drug-likeness (QED) is 0.544. The summed E-state index contributed by atoms with van der Waals surface area (Å²) in [5.41, 5.74) is 0. The summed E-state index contributed by atoms with van der Waals surface area (Å²) in [6, 6.07) is 0. The van der Waals surface area contributed by atoms with Gasteiger partial charge in [0.1, 0.15) is 0 Å². The van der Waals surface area contributed by atoms with Crippen molar-refractivity contribution in [3.8, 4) is 0 Å². The molecule has 0 atom stereocenters. The summed E-state index contributed by atoms with van der Waals surface area (Å²) in [6.45, 7) is 1.70. The largest absolute Gasteiger partial charge is 0.411 e. The zero-order valence-electron chi connectivity index (χ0n) is 4.09. The molecule has 0 bridgehead atoms. The molecule has 0 unspecified atom stereocenters. The molecule has 1 N–H and O–H groups in total. The minimum atomic E-state index is -2.69. The lowest BCUT2D eigenvalue weighted by Crippen LogP contribution is -2.41. The fraction of sp³-hybridized carbons (Fsp3) is 1.00. The molecule has 0 aliphatic heterocycles. The zero-order chi connectivity index (χ0) is 6.78. The summed E-state index contributed by atoms with van der Waals surface area (Å²) in [5.74, 6) is 0. The average Bonchev–Trinajstić information content (AvgIpc) is 1.21. The molecule has 0 spiro atoms. The van der Waals surface area contributed by atoms with Gasteiger partial charge in [0.2, 0.25) is 0 Å². The summed E-state index contributed by atoms with van der Waals surface area (Å²) in [7, 11) is 0. The predicted octanol–water partition coefficient (Wildman–Crippen LogP) is 2.08. The number of halogens is 4. The van der Waals surface area contributed by atoms with Crippen LogP contribution in [0.15, 0.2) is 0 Å². The van der Waals surface area contributed by atoms with Crippen molar-refractivity contribution in [3.63, 3.8) is 0 Å². The van der Waals surface area contributed by atoms with Gasteiger partial charge in [0, 0.05) is 0 Å². The predicted molar refractivity (Wildman–Crippen MR) is 43.9 cm³/mol. The second kappa shape index (κ2) is 3.54. The lowest BCUT2D eigenvalue weighted by Gasteiger charge is -2.08. The Morgan fingerprint density at radius 2 is 1.75 bits per heavy atom. The highest BCUT2D eigenvalue weighted by atomic mass is 35.8. The molecule has 0 saturated heterocycles. The van der Waals surface area contributed by atoms with E-state index in [0.717, 1.165) is 0 Å². The van der Waals surface area contributed by atoms with Crippen LogP contribution >= 0.6 is 44.7 Å². The van der Waals surface area contributed by atoms with E-state index in [1.165, 1.54) is 0 Å². The molecule has 0 aromatic heterocycles. The van der Waals surface area contributed by atoms with Gasteiger partial charge in [-0.05, 0) is 0 Å². The van der Waals surface area contributed by atoms with Crippen LogP contribution in [0.5, 0.6) is 0 Å². The Morgan fingerprint density at radius 3 is 1.75 bits per heavy atom. The van der Waals surface area contributed by atoms with E-state index in [-0.39, 0.29) is 6.26 Å².